The van der Waals surface area contributed by atoms with E-state index >= 15 is 0 Å². The van der Waals surface area contributed by atoms with Gasteiger partial charge < -0.3 is 16.0 Å². The summed E-state index contributed by atoms with van der Waals surface area (Å²) in [7, 11) is 0. The lowest BCUT2D eigenvalue weighted by Gasteiger charge is -2.11. The van der Waals surface area contributed by atoms with Crippen molar-refractivity contribution in [1.29, 1.82) is 0 Å². The molecule has 1 aromatic rings. The highest BCUT2D eigenvalue weighted by Crippen LogP contribution is 2.36. The molecule has 0 atom stereocenters. The van der Waals surface area contributed by atoms with Crippen molar-refractivity contribution in [1.82, 2.24) is 5.32 Å². The van der Waals surface area contributed by atoms with Crippen LogP contribution in [0.5, 0.6) is 0 Å². The SMILES string of the molecule is CC(=O)NCCNc1c([N+](=O)[O-])ccc2c1CCN2. The summed E-state index contributed by atoms with van der Waals surface area (Å²) in [5.41, 5.74) is 2.51. The molecule has 0 bridgehead atoms. The highest BCUT2D eigenvalue weighted by Gasteiger charge is 2.23. The van der Waals surface area contributed by atoms with E-state index in [1.165, 1.54) is 13.0 Å². The number of nitro benzene ring substituents is 1. The van der Waals surface area contributed by atoms with Crippen LogP contribution in [0.15, 0.2) is 12.1 Å². The zero-order valence-corrected chi connectivity index (χ0v) is 10.7. The maximum atomic E-state index is 11.0. The van der Waals surface area contributed by atoms with E-state index in [0.717, 1.165) is 24.2 Å². The molecule has 0 aromatic heterocycles. The average molecular weight is 264 g/mol. The van der Waals surface area contributed by atoms with Gasteiger partial charge >= 0.3 is 0 Å². The molecule has 0 saturated carbocycles. The smallest absolute Gasteiger partial charge is 0.292 e. The highest BCUT2D eigenvalue weighted by atomic mass is 16.6. The van der Waals surface area contributed by atoms with Crippen LogP contribution >= 0.6 is 0 Å². The summed E-state index contributed by atoms with van der Waals surface area (Å²) in [5, 5.41) is 19.9. The van der Waals surface area contributed by atoms with Crippen molar-refractivity contribution in [3.63, 3.8) is 0 Å². The lowest BCUT2D eigenvalue weighted by atomic mass is 10.1. The van der Waals surface area contributed by atoms with Crippen LogP contribution in [0.2, 0.25) is 0 Å². The van der Waals surface area contributed by atoms with Gasteiger partial charge in [-0.2, -0.15) is 0 Å². The zero-order valence-electron chi connectivity index (χ0n) is 10.7. The maximum absolute atomic E-state index is 11.0. The molecule has 1 aromatic carbocycles. The van der Waals surface area contributed by atoms with E-state index in [1.54, 1.807) is 6.07 Å². The van der Waals surface area contributed by atoms with Crippen LogP contribution in [-0.2, 0) is 11.2 Å². The molecule has 0 aliphatic carbocycles. The van der Waals surface area contributed by atoms with Gasteiger partial charge in [0.15, 0.2) is 0 Å². The van der Waals surface area contributed by atoms with Gasteiger partial charge in [-0.15, -0.1) is 0 Å². The van der Waals surface area contributed by atoms with Crippen LogP contribution < -0.4 is 16.0 Å². The lowest BCUT2D eigenvalue weighted by Crippen LogP contribution is -2.26. The highest BCUT2D eigenvalue weighted by molar-refractivity contribution is 5.77. The fourth-order valence-corrected chi connectivity index (χ4v) is 2.16. The Bertz CT molecular complexity index is 516. The number of fused-ring (bicyclic) bond motifs is 1. The molecule has 1 amide bonds. The minimum absolute atomic E-state index is 0.0743. The molecule has 0 unspecified atom stereocenters. The second-order valence-corrected chi connectivity index (χ2v) is 4.33. The molecule has 7 nitrogen and oxygen atoms in total. The third-order valence-electron chi connectivity index (χ3n) is 2.98. The molecule has 3 N–H and O–H groups in total. The van der Waals surface area contributed by atoms with Gasteiger partial charge in [-0.3, -0.25) is 14.9 Å². The van der Waals surface area contributed by atoms with Crippen molar-refractivity contribution in [2.45, 2.75) is 13.3 Å². The second-order valence-electron chi connectivity index (χ2n) is 4.33. The normalized spacial score (nSPS) is 12.5. The Labute approximate surface area is 110 Å². The number of anilines is 2. The zero-order chi connectivity index (χ0) is 13.8. The second kappa shape index (κ2) is 5.55. The Morgan fingerprint density at radius 3 is 2.95 bits per heavy atom. The first-order chi connectivity index (χ1) is 9.09. The van der Waals surface area contributed by atoms with Gasteiger partial charge in [-0.05, 0) is 12.5 Å². The van der Waals surface area contributed by atoms with Gasteiger partial charge in [0, 0.05) is 43.9 Å². The quantitative estimate of drug-likeness (QED) is 0.420. The van der Waals surface area contributed by atoms with Crippen LogP contribution in [0, 0.1) is 10.1 Å². The number of nitrogens with zero attached hydrogens (tertiary/aromatic N) is 1. The van der Waals surface area contributed by atoms with Crippen LogP contribution in [0.4, 0.5) is 17.1 Å². The largest absolute Gasteiger partial charge is 0.384 e. The van der Waals surface area contributed by atoms with E-state index in [-0.39, 0.29) is 16.5 Å². The van der Waals surface area contributed by atoms with Gasteiger partial charge in [0.2, 0.25) is 5.91 Å². The van der Waals surface area contributed by atoms with Gasteiger partial charge in [-0.1, -0.05) is 0 Å². The predicted octanol–water partition coefficient (Wildman–Crippen LogP) is 1.11. The van der Waals surface area contributed by atoms with Crippen LogP contribution in [-0.4, -0.2) is 30.5 Å². The fraction of sp³-hybridized carbons (Fsp3) is 0.417. The standard InChI is InChI=1S/C12H16N4O3/c1-8(17)13-6-7-15-12-9-4-5-14-10(9)2-3-11(12)16(18)19/h2-3,14-15H,4-7H2,1H3,(H,13,17). The summed E-state index contributed by atoms with van der Waals surface area (Å²) in [6, 6.07) is 3.23. The van der Waals surface area contributed by atoms with Crippen molar-refractivity contribution in [3.8, 4) is 0 Å². The minimum atomic E-state index is -0.390. The molecule has 0 spiro atoms. The van der Waals surface area contributed by atoms with E-state index in [1.807, 2.05) is 0 Å². The van der Waals surface area contributed by atoms with Crippen LogP contribution in [0.3, 0.4) is 0 Å². The van der Waals surface area contributed by atoms with Crippen molar-refractivity contribution in [3.05, 3.63) is 27.8 Å². The molecule has 1 aliphatic rings. The molecule has 7 heteroatoms. The monoisotopic (exact) mass is 264 g/mol. The first-order valence-electron chi connectivity index (χ1n) is 6.12. The Morgan fingerprint density at radius 2 is 2.26 bits per heavy atom. The maximum Gasteiger partial charge on any atom is 0.292 e. The molecule has 102 valence electrons. The van der Waals surface area contributed by atoms with Crippen LogP contribution in [0.1, 0.15) is 12.5 Å². The number of nitro groups is 1. The molecular formula is C12H16N4O3. The molecule has 1 aliphatic heterocycles. The number of nitrogens with one attached hydrogen (secondary N) is 3. The first-order valence-corrected chi connectivity index (χ1v) is 6.12. The summed E-state index contributed by atoms with van der Waals surface area (Å²) in [6.07, 6.45) is 0.763. The molecular weight excluding hydrogens is 248 g/mol. The van der Waals surface area contributed by atoms with Gasteiger partial charge in [0.1, 0.15) is 5.69 Å². The van der Waals surface area contributed by atoms with Crippen molar-refractivity contribution >= 4 is 23.0 Å². The van der Waals surface area contributed by atoms with E-state index in [4.69, 9.17) is 0 Å². The Morgan fingerprint density at radius 1 is 1.47 bits per heavy atom. The molecule has 1 heterocycles. The molecule has 0 saturated heterocycles. The van der Waals surface area contributed by atoms with Crippen molar-refractivity contribution in [2.24, 2.45) is 0 Å². The number of carbonyl (C=O) groups excluding carboxylic acids is 1. The minimum Gasteiger partial charge on any atom is -0.384 e. The average Bonchev–Trinajstić information content (AvgIpc) is 2.82. The lowest BCUT2D eigenvalue weighted by molar-refractivity contribution is -0.384. The first kappa shape index (κ1) is 13.1. The number of hydrogen-bond donors (Lipinski definition) is 3. The number of amides is 1. The van der Waals surface area contributed by atoms with Crippen molar-refractivity contribution in [2.75, 3.05) is 30.3 Å². The van der Waals surface area contributed by atoms with E-state index in [2.05, 4.69) is 16.0 Å². The van der Waals surface area contributed by atoms with E-state index in [0.29, 0.717) is 18.8 Å². The molecule has 0 radical (unpaired) electrons. The van der Waals surface area contributed by atoms with E-state index < -0.39 is 0 Å². The summed E-state index contributed by atoms with van der Waals surface area (Å²) in [4.78, 5) is 21.4. The van der Waals surface area contributed by atoms with Gasteiger partial charge in [-0.25, -0.2) is 0 Å². The van der Waals surface area contributed by atoms with Crippen LogP contribution in [0.25, 0.3) is 0 Å². The Hall–Kier alpha value is -2.31. The summed E-state index contributed by atoms with van der Waals surface area (Å²) in [6.45, 7) is 3.12. The van der Waals surface area contributed by atoms with Gasteiger partial charge in [0.05, 0.1) is 4.92 Å². The number of benzene rings is 1. The van der Waals surface area contributed by atoms with Crippen molar-refractivity contribution < 1.29 is 9.72 Å². The molecule has 0 fully saturated rings. The third kappa shape index (κ3) is 2.93. The Balaban J connectivity index is 2.15. The summed E-state index contributed by atoms with van der Waals surface area (Å²) < 4.78 is 0. The van der Waals surface area contributed by atoms with Gasteiger partial charge in [0.25, 0.3) is 5.69 Å². The Kier molecular flexibility index (Phi) is 3.84. The number of rotatable bonds is 5. The number of hydrogen-bond acceptors (Lipinski definition) is 5. The molecule has 19 heavy (non-hydrogen) atoms. The summed E-state index contributed by atoms with van der Waals surface area (Å²) in [5.74, 6) is -0.115. The third-order valence-corrected chi connectivity index (χ3v) is 2.98. The topological polar surface area (TPSA) is 96.3 Å². The van der Waals surface area contributed by atoms with E-state index in [9.17, 15) is 14.9 Å². The predicted molar refractivity (Wildman–Crippen MR) is 72.5 cm³/mol. The fourth-order valence-electron chi connectivity index (χ4n) is 2.16. The molecule has 2 rings (SSSR count). The number of carbonyl (C=O) groups is 1. The summed E-state index contributed by atoms with van der Waals surface area (Å²) >= 11 is 0.